The molecule has 8 heteroatoms. The van der Waals surface area contributed by atoms with Gasteiger partial charge in [0.15, 0.2) is 11.2 Å². The average Bonchev–Trinajstić information content (AvgIpc) is 2.91. The van der Waals surface area contributed by atoms with E-state index in [2.05, 4.69) is 10.3 Å². The van der Waals surface area contributed by atoms with Crippen LogP contribution in [0.1, 0.15) is 12.5 Å². The van der Waals surface area contributed by atoms with Crippen molar-refractivity contribution in [3.8, 4) is 5.75 Å². The van der Waals surface area contributed by atoms with Crippen molar-refractivity contribution in [1.82, 2.24) is 4.98 Å². The number of nitrogens with one attached hydrogen (secondary N) is 1. The fourth-order valence-corrected chi connectivity index (χ4v) is 3.65. The van der Waals surface area contributed by atoms with E-state index < -0.39 is 6.10 Å². The van der Waals surface area contributed by atoms with Crippen molar-refractivity contribution >= 4 is 61.5 Å². The first-order chi connectivity index (χ1) is 11.8. The molecule has 3 rings (SSSR count). The SMILES string of the molecule is Cc1cc(NC(=O)[C@@H](C)Oc2ccc(Cl)cc2Cl)cc2sc(N)nc12. The number of anilines is 2. The highest BCUT2D eigenvalue weighted by atomic mass is 35.5. The molecule has 2 aromatic carbocycles. The van der Waals surface area contributed by atoms with Crippen molar-refractivity contribution in [2.75, 3.05) is 11.1 Å². The Bertz CT molecular complexity index is 958. The standard InChI is InChI=1S/C17H15Cl2N3O2S/c1-8-5-11(7-14-15(8)22-17(20)25-14)21-16(23)9(2)24-13-4-3-10(18)6-12(13)19/h3-7,9H,1-2H3,(H2,20,22)(H,21,23)/t9-/m1/s1. The summed E-state index contributed by atoms with van der Waals surface area (Å²) >= 11 is 13.3. The van der Waals surface area contributed by atoms with E-state index >= 15 is 0 Å². The summed E-state index contributed by atoms with van der Waals surface area (Å²) in [5, 5.41) is 4.19. The van der Waals surface area contributed by atoms with Crippen LogP contribution in [0.5, 0.6) is 5.75 Å². The average molecular weight is 396 g/mol. The predicted octanol–water partition coefficient (Wildman–Crippen LogP) is 4.90. The number of rotatable bonds is 4. The quantitative estimate of drug-likeness (QED) is 0.658. The monoisotopic (exact) mass is 395 g/mol. The summed E-state index contributed by atoms with van der Waals surface area (Å²) in [6.45, 7) is 3.57. The normalized spacial score (nSPS) is 12.2. The Labute approximate surface area is 158 Å². The summed E-state index contributed by atoms with van der Waals surface area (Å²) in [6, 6.07) is 8.54. The van der Waals surface area contributed by atoms with Crippen molar-refractivity contribution < 1.29 is 9.53 Å². The fourth-order valence-electron chi connectivity index (χ4n) is 2.34. The van der Waals surface area contributed by atoms with Gasteiger partial charge in [-0.3, -0.25) is 4.79 Å². The number of ether oxygens (including phenoxy) is 1. The summed E-state index contributed by atoms with van der Waals surface area (Å²) in [6.07, 6.45) is -0.735. The largest absolute Gasteiger partial charge is 0.479 e. The van der Waals surface area contributed by atoms with Crippen LogP contribution in [0.2, 0.25) is 10.0 Å². The number of aryl methyl sites for hydroxylation is 1. The molecule has 130 valence electrons. The van der Waals surface area contributed by atoms with Crippen LogP contribution >= 0.6 is 34.5 Å². The van der Waals surface area contributed by atoms with E-state index in [4.69, 9.17) is 33.7 Å². The number of nitrogens with two attached hydrogens (primary N) is 1. The number of nitrogens with zero attached hydrogens (tertiary/aromatic N) is 1. The number of benzene rings is 2. The number of carbonyl (C=O) groups is 1. The lowest BCUT2D eigenvalue weighted by Gasteiger charge is -2.16. The Kier molecular flexibility index (Phi) is 5.03. The number of thiazole rings is 1. The summed E-state index contributed by atoms with van der Waals surface area (Å²) < 4.78 is 6.54. The van der Waals surface area contributed by atoms with Crippen LogP contribution in [0.3, 0.4) is 0 Å². The minimum atomic E-state index is -0.735. The van der Waals surface area contributed by atoms with E-state index in [0.29, 0.717) is 26.6 Å². The maximum Gasteiger partial charge on any atom is 0.265 e. The van der Waals surface area contributed by atoms with E-state index in [-0.39, 0.29) is 5.91 Å². The third-order valence-electron chi connectivity index (χ3n) is 3.54. The van der Waals surface area contributed by atoms with E-state index in [9.17, 15) is 4.79 Å². The summed E-state index contributed by atoms with van der Waals surface area (Å²) in [5.41, 5.74) is 8.20. The number of carbonyl (C=O) groups excluding carboxylic acids is 1. The van der Waals surface area contributed by atoms with Gasteiger partial charge >= 0.3 is 0 Å². The molecule has 0 saturated heterocycles. The Balaban J connectivity index is 1.75. The van der Waals surface area contributed by atoms with Gasteiger partial charge in [-0.05, 0) is 49.7 Å². The fraction of sp³-hybridized carbons (Fsp3) is 0.176. The zero-order valence-corrected chi connectivity index (χ0v) is 15.8. The molecule has 0 unspecified atom stereocenters. The molecule has 1 aromatic heterocycles. The number of hydrogen-bond acceptors (Lipinski definition) is 5. The van der Waals surface area contributed by atoms with Crippen LogP contribution in [0.15, 0.2) is 30.3 Å². The summed E-state index contributed by atoms with van der Waals surface area (Å²) in [7, 11) is 0. The molecule has 0 fully saturated rings. The lowest BCUT2D eigenvalue weighted by atomic mass is 10.2. The van der Waals surface area contributed by atoms with Gasteiger partial charge in [0.1, 0.15) is 5.75 Å². The molecule has 0 spiro atoms. The Morgan fingerprint density at radius 2 is 2.08 bits per heavy atom. The van der Waals surface area contributed by atoms with Crippen molar-refractivity contribution in [2.24, 2.45) is 0 Å². The topological polar surface area (TPSA) is 77.2 Å². The molecule has 0 bridgehead atoms. The Morgan fingerprint density at radius 3 is 2.80 bits per heavy atom. The molecule has 0 saturated carbocycles. The zero-order chi connectivity index (χ0) is 18.1. The molecule has 0 aliphatic rings. The first-order valence-corrected chi connectivity index (χ1v) is 9.00. The number of aromatic nitrogens is 1. The number of fused-ring (bicyclic) bond motifs is 1. The van der Waals surface area contributed by atoms with Gasteiger partial charge in [-0.2, -0.15) is 0 Å². The van der Waals surface area contributed by atoms with Gasteiger partial charge in [-0.15, -0.1) is 0 Å². The number of halogens is 2. The van der Waals surface area contributed by atoms with Gasteiger partial charge in [0.05, 0.1) is 15.2 Å². The second-order valence-corrected chi connectivity index (χ2v) is 7.42. The zero-order valence-electron chi connectivity index (χ0n) is 13.5. The lowest BCUT2D eigenvalue weighted by Crippen LogP contribution is -2.30. The highest BCUT2D eigenvalue weighted by Gasteiger charge is 2.17. The Morgan fingerprint density at radius 1 is 1.32 bits per heavy atom. The van der Waals surface area contributed by atoms with Gasteiger partial charge in [-0.25, -0.2) is 4.98 Å². The molecule has 1 atom stereocenters. The highest BCUT2D eigenvalue weighted by molar-refractivity contribution is 7.22. The van der Waals surface area contributed by atoms with Crippen molar-refractivity contribution in [3.63, 3.8) is 0 Å². The Hall–Kier alpha value is -2.02. The molecule has 3 N–H and O–H groups in total. The van der Waals surface area contributed by atoms with Crippen LogP contribution in [-0.2, 0) is 4.79 Å². The number of hydrogen-bond donors (Lipinski definition) is 2. The number of nitrogen functional groups attached to an aromatic ring is 1. The van der Waals surface area contributed by atoms with Crippen molar-refractivity contribution in [2.45, 2.75) is 20.0 Å². The molecule has 0 aliphatic heterocycles. The van der Waals surface area contributed by atoms with E-state index in [0.717, 1.165) is 15.8 Å². The molecule has 0 radical (unpaired) electrons. The molecular formula is C17H15Cl2N3O2S. The maximum absolute atomic E-state index is 12.4. The lowest BCUT2D eigenvalue weighted by molar-refractivity contribution is -0.122. The third-order valence-corrected chi connectivity index (χ3v) is 4.90. The van der Waals surface area contributed by atoms with Gasteiger partial charge < -0.3 is 15.8 Å². The summed E-state index contributed by atoms with van der Waals surface area (Å²) in [4.78, 5) is 16.7. The van der Waals surface area contributed by atoms with Gasteiger partial charge in [-0.1, -0.05) is 34.5 Å². The van der Waals surface area contributed by atoms with Crippen molar-refractivity contribution in [1.29, 1.82) is 0 Å². The molecule has 5 nitrogen and oxygen atoms in total. The molecule has 1 amide bonds. The second kappa shape index (κ2) is 7.07. The smallest absolute Gasteiger partial charge is 0.265 e. The van der Waals surface area contributed by atoms with Crippen LogP contribution in [0, 0.1) is 6.92 Å². The first-order valence-electron chi connectivity index (χ1n) is 7.42. The van der Waals surface area contributed by atoms with E-state index in [1.165, 1.54) is 11.3 Å². The van der Waals surface area contributed by atoms with E-state index in [1.54, 1.807) is 25.1 Å². The predicted molar refractivity (Wildman–Crippen MR) is 104 cm³/mol. The van der Waals surface area contributed by atoms with Gasteiger partial charge in [0.2, 0.25) is 0 Å². The van der Waals surface area contributed by atoms with Gasteiger partial charge in [0, 0.05) is 10.7 Å². The maximum atomic E-state index is 12.4. The molecular weight excluding hydrogens is 381 g/mol. The van der Waals surface area contributed by atoms with Crippen LogP contribution in [0.4, 0.5) is 10.8 Å². The molecule has 3 aromatic rings. The molecule has 1 heterocycles. The van der Waals surface area contributed by atoms with Crippen LogP contribution < -0.4 is 15.8 Å². The third kappa shape index (κ3) is 3.98. The summed E-state index contributed by atoms with van der Waals surface area (Å²) in [5.74, 6) is 0.109. The van der Waals surface area contributed by atoms with Crippen molar-refractivity contribution in [3.05, 3.63) is 45.9 Å². The number of amides is 1. The second-order valence-electron chi connectivity index (χ2n) is 5.52. The first kappa shape index (κ1) is 17.8. The van der Waals surface area contributed by atoms with Crippen LogP contribution in [-0.4, -0.2) is 17.0 Å². The minimum Gasteiger partial charge on any atom is -0.479 e. The van der Waals surface area contributed by atoms with Gasteiger partial charge in [0.25, 0.3) is 5.91 Å². The van der Waals surface area contributed by atoms with E-state index in [1.807, 2.05) is 19.1 Å². The highest BCUT2D eigenvalue weighted by Crippen LogP contribution is 2.30. The minimum absolute atomic E-state index is 0.290. The van der Waals surface area contributed by atoms with Crippen LogP contribution in [0.25, 0.3) is 10.2 Å². The molecule has 25 heavy (non-hydrogen) atoms. The molecule has 0 aliphatic carbocycles.